The number of hydrogen-bond acceptors (Lipinski definition) is 7. The first-order valence-corrected chi connectivity index (χ1v) is 8.21. The van der Waals surface area contributed by atoms with Gasteiger partial charge in [-0.3, -0.25) is 24.9 Å². The highest BCUT2D eigenvalue weighted by molar-refractivity contribution is 5.97. The molecule has 0 radical (unpaired) electrons. The van der Waals surface area contributed by atoms with Crippen LogP contribution in [0.1, 0.15) is 22.8 Å². The Hall–Kier alpha value is -3.50. The predicted molar refractivity (Wildman–Crippen MR) is 96.7 cm³/mol. The van der Waals surface area contributed by atoms with Gasteiger partial charge in [-0.1, -0.05) is 12.1 Å². The summed E-state index contributed by atoms with van der Waals surface area (Å²) in [6, 6.07) is 10.7. The average Bonchev–Trinajstić information content (AvgIpc) is 2.70. The number of ether oxygens (including phenoxy) is 1. The van der Waals surface area contributed by atoms with Gasteiger partial charge in [-0.15, -0.1) is 0 Å². The fraction of sp³-hybridized carbons (Fsp3) is 0.222. The van der Waals surface area contributed by atoms with Crippen LogP contribution >= 0.6 is 0 Å². The summed E-state index contributed by atoms with van der Waals surface area (Å²) in [6.07, 6.45) is -1.21. The second-order valence-corrected chi connectivity index (χ2v) is 5.91. The van der Waals surface area contributed by atoms with Gasteiger partial charge in [0.25, 0.3) is 17.5 Å². The van der Waals surface area contributed by atoms with Crippen LogP contribution in [0.5, 0.6) is 5.75 Å². The van der Waals surface area contributed by atoms with Gasteiger partial charge in [0.2, 0.25) is 0 Å². The smallest absolute Gasteiger partial charge is 0.269 e. The van der Waals surface area contributed by atoms with Crippen LogP contribution in [0.3, 0.4) is 0 Å². The molecule has 2 rings (SSSR count). The largest absolute Gasteiger partial charge is 0.489 e. The SMILES string of the molecule is CC(O)C(NC(=O)c1ccc(OCc2cccc([N+](=O)[O-])c2)cc1)C(=O)NO. The first kappa shape index (κ1) is 20.8. The number of hydroxylamine groups is 1. The van der Waals surface area contributed by atoms with Crippen molar-refractivity contribution >= 4 is 17.5 Å². The quantitative estimate of drug-likeness (QED) is 0.300. The zero-order valence-corrected chi connectivity index (χ0v) is 14.9. The van der Waals surface area contributed by atoms with Crippen LogP contribution in [0.15, 0.2) is 48.5 Å². The first-order chi connectivity index (χ1) is 13.3. The van der Waals surface area contributed by atoms with Gasteiger partial charge in [0.1, 0.15) is 18.4 Å². The Morgan fingerprint density at radius 3 is 2.46 bits per heavy atom. The van der Waals surface area contributed by atoms with Gasteiger partial charge in [0.15, 0.2) is 0 Å². The lowest BCUT2D eigenvalue weighted by Gasteiger charge is -2.19. The number of nitro benzene ring substituents is 1. The third-order valence-corrected chi connectivity index (χ3v) is 3.81. The van der Waals surface area contributed by atoms with E-state index >= 15 is 0 Å². The normalized spacial score (nSPS) is 12.5. The third kappa shape index (κ3) is 5.50. The van der Waals surface area contributed by atoms with Gasteiger partial charge in [0, 0.05) is 17.7 Å². The van der Waals surface area contributed by atoms with Crippen molar-refractivity contribution in [2.24, 2.45) is 0 Å². The minimum Gasteiger partial charge on any atom is -0.489 e. The van der Waals surface area contributed by atoms with Crippen LogP contribution in [0.25, 0.3) is 0 Å². The molecule has 0 saturated heterocycles. The van der Waals surface area contributed by atoms with E-state index in [0.717, 1.165) is 0 Å². The van der Waals surface area contributed by atoms with E-state index in [-0.39, 0.29) is 17.9 Å². The number of non-ortho nitro benzene ring substituents is 1. The third-order valence-electron chi connectivity index (χ3n) is 3.81. The van der Waals surface area contributed by atoms with Crippen molar-refractivity contribution in [2.75, 3.05) is 0 Å². The van der Waals surface area contributed by atoms with E-state index in [4.69, 9.17) is 9.94 Å². The van der Waals surface area contributed by atoms with E-state index in [9.17, 15) is 24.8 Å². The molecule has 10 nitrogen and oxygen atoms in total. The minimum absolute atomic E-state index is 0.0345. The number of amides is 2. The molecule has 2 aromatic carbocycles. The van der Waals surface area contributed by atoms with Crippen LogP contribution in [-0.2, 0) is 11.4 Å². The molecule has 10 heteroatoms. The Morgan fingerprint density at radius 1 is 1.21 bits per heavy atom. The summed E-state index contributed by atoms with van der Waals surface area (Å²) >= 11 is 0. The summed E-state index contributed by atoms with van der Waals surface area (Å²) in [6.45, 7) is 1.40. The van der Waals surface area contributed by atoms with Gasteiger partial charge in [-0.2, -0.15) is 0 Å². The molecule has 2 aromatic rings. The van der Waals surface area contributed by atoms with Crippen molar-refractivity contribution in [1.82, 2.24) is 10.8 Å². The summed E-state index contributed by atoms with van der Waals surface area (Å²) in [4.78, 5) is 33.9. The number of nitrogens with zero attached hydrogens (tertiary/aromatic N) is 1. The standard InChI is InChI=1S/C18H19N3O7/c1-11(22)16(18(24)20-25)19-17(23)13-5-7-15(8-6-13)28-10-12-3-2-4-14(9-12)21(26)27/h2-9,11,16,22,25H,10H2,1H3,(H,19,23)(H,20,24). The fourth-order valence-electron chi connectivity index (χ4n) is 2.33. The summed E-state index contributed by atoms with van der Waals surface area (Å²) < 4.78 is 5.54. The number of rotatable bonds is 8. The Bertz CT molecular complexity index is 853. The number of hydrogen-bond donors (Lipinski definition) is 4. The molecule has 0 aromatic heterocycles. The maximum absolute atomic E-state index is 12.2. The molecule has 2 amide bonds. The highest BCUT2D eigenvalue weighted by atomic mass is 16.6. The van der Waals surface area contributed by atoms with E-state index in [2.05, 4.69) is 5.32 Å². The molecule has 148 valence electrons. The zero-order valence-electron chi connectivity index (χ0n) is 14.9. The number of aliphatic hydroxyl groups excluding tert-OH is 1. The Balaban J connectivity index is 1.99. The summed E-state index contributed by atoms with van der Waals surface area (Å²) in [5.41, 5.74) is 2.17. The first-order valence-electron chi connectivity index (χ1n) is 8.21. The molecular weight excluding hydrogens is 370 g/mol. The maximum atomic E-state index is 12.2. The van der Waals surface area contributed by atoms with Crippen molar-refractivity contribution in [3.63, 3.8) is 0 Å². The number of nitro groups is 1. The van der Waals surface area contributed by atoms with Crippen LogP contribution < -0.4 is 15.5 Å². The Kier molecular flexibility index (Phi) is 7.02. The van der Waals surface area contributed by atoms with Gasteiger partial charge in [-0.25, -0.2) is 5.48 Å². The van der Waals surface area contributed by atoms with Crippen LogP contribution in [0.4, 0.5) is 5.69 Å². The monoisotopic (exact) mass is 389 g/mol. The molecule has 0 aliphatic heterocycles. The summed E-state index contributed by atoms with van der Waals surface area (Å²) in [7, 11) is 0. The summed E-state index contributed by atoms with van der Waals surface area (Å²) in [5, 5.41) is 31.3. The Labute approximate surface area is 159 Å². The van der Waals surface area contributed by atoms with Gasteiger partial charge >= 0.3 is 0 Å². The van der Waals surface area contributed by atoms with Gasteiger partial charge in [0.05, 0.1) is 11.0 Å². The highest BCUT2D eigenvalue weighted by Crippen LogP contribution is 2.17. The second kappa shape index (κ2) is 9.44. The minimum atomic E-state index is -1.32. The molecule has 0 saturated carbocycles. The van der Waals surface area contributed by atoms with Crippen molar-refractivity contribution in [3.05, 3.63) is 69.8 Å². The van der Waals surface area contributed by atoms with Crippen LogP contribution in [0.2, 0.25) is 0 Å². The molecule has 0 aliphatic rings. The maximum Gasteiger partial charge on any atom is 0.269 e. The Morgan fingerprint density at radius 2 is 1.89 bits per heavy atom. The molecular formula is C18H19N3O7. The van der Waals surface area contributed by atoms with Gasteiger partial charge < -0.3 is 15.2 Å². The number of nitrogens with one attached hydrogen (secondary N) is 2. The summed E-state index contributed by atoms with van der Waals surface area (Å²) in [5.74, 6) is -1.14. The molecule has 4 N–H and O–H groups in total. The fourth-order valence-corrected chi connectivity index (χ4v) is 2.33. The lowest BCUT2D eigenvalue weighted by molar-refractivity contribution is -0.384. The van der Waals surface area contributed by atoms with E-state index < -0.39 is 28.9 Å². The van der Waals surface area contributed by atoms with Gasteiger partial charge in [-0.05, 0) is 36.8 Å². The molecule has 0 fully saturated rings. The van der Waals surface area contributed by atoms with E-state index in [1.165, 1.54) is 48.8 Å². The average molecular weight is 389 g/mol. The van der Waals surface area contributed by atoms with Crippen LogP contribution in [0, 0.1) is 10.1 Å². The number of carbonyl (C=O) groups excluding carboxylic acids is 2. The number of aliphatic hydroxyl groups is 1. The van der Waals surface area contributed by atoms with E-state index in [0.29, 0.717) is 11.3 Å². The lowest BCUT2D eigenvalue weighted by Crippen LogP contribution is -2.51. The zero-order chi connectivity index (χ0) is 20.7. The molecule has 0 bridgehead atoms. The molecule has 0 aliphatic carbocycles. The van der Waals surface area contributed by atoms with E-state index in [1.54, 1.807) is 12.1 Å². The van der Waals surface area contributed by atoms with Crippen molar-refractivity contribution in [3.8, 4) is 5.75 Å². The lowest BCUT2D eigenvalue weighted by atomic mass is 10.1. The molecule has 0 heterocycles. The van der Waals surface area contributed by atoms with E-state index in [1.807, 2.05) is 0 Å². The molecule has 0 spiro atoms. The topological polar surface area (TPSA) is 151 Å². The van der Waals surface area contributed by atoms with Crippen LogP contribution in [-0.4, -0.2) is 39.2 Å². The number of carbonyl (C=O) groups is 2. The number of benzene rings is 2. The second-order valence-electron chi connectivity index (χ2n) is 5.91. The van der Waals surface area contributed by atoms with Crippen molar-refractivity contribution in [1.29, 1.82) is 0 Å². The highest BCUT2D eigenvalue weighted by Gasteiger charge is 2.25. The van der Waals surface area contributed by atoms with Crippen molar-refractivity contribution in [2.45, 2.75) is 25.7 Å². The molecule has 28 heavy (non-hydrogen) atoms. The van der Waals surface area contributed by atoms with Crippen molar-refractivity contribution < 1.29 is 29.6 Å². The molecule has 2 atom stereocenters. The predicted octanol–water partition coefficient (Wildman–Crippen LogP) is 1.16. The molecule has 2 unspecified atom stereocenters.